The minimum Gasteiger partial charge on any atom is -0.481 e. The first-order chi connectivity index (χ1) is 9.56. The van der Waals surface area contributed by atoms with Crippen LogP contribution < -0.4 is 5.32 Å². The standard InChI is InChI=1S/C15H19NO4/c1-10-13(8-9-20-10)15(19)16-12-5-2-11(3-6-12)4-7-14(17)18/h2-3,5-6,10,13H,4,7-9H2,1H3,(H,16,19)(H,17,18). The predicted molar refractivity (Wildman–Crippen MR) is 74.5 cm³/mol. The Morgan fingerprint density at radius 2 is 2.05 bits per heavy atom. The summed E-state index contributed by atoms with van der Waals surface area (Å²) in [7, 11) is 0. The average Bonchev–Trinajstić information content (AvgIpc) is 2.84. The fraction of sp³-hybridized carbons (Fsp3) is 0.467. The van der Waals surface area contributed by atoms with Crippen LogP contribution >= 0.6 is 0 Å². The number of hydrogen-bond acceptors (Lipinski definition) is 3. The normalized spacial score (nSPS) is 21.6. The maximum Gasteiger partial charge on any atom is 0.303 e. The Balaban J connectivity index is 1.90. The van der Waals surface area contributed by atoms with Crippen LogP contribution in [0, 0.1) is 5.92 Å². The van der Waals surface area contributed by atoms with Gasteiger partial charge in [-0.2, -0.15) is 0 Å². The zero-order chi connectivity index (χ0) is 14.5. The largest absolute Gasteiger partial charge is 0.481 e. The van der Waals surface area contributed by atoms with E-state index >= 15 is 0 Å². The van der Waals surface area contributed by atoms with Gasteiger partial charge in [0.25, 0.3) is 0 Å². The number of ether oxygens (including phenoxy) is 1. The molecule has 2 atom stereocenters. The zero-order valence-electron chi connectivity index (χ0n) is 11.5. The van der Waals surface area contributed by atoms with Crippen molar-refractivity contribution in [2.75, 3.05) is 11.9 Å². The van der Waals surface area contributed by atoms with Gasteiger partial charge >= 0.3 is 5.97 Å². The van der Waals surface area contributed by atoms with Gasteiger partial charge in [0, 0.05) is 18.7 Å². The van der Waals surface area contributed by atoms with E-state index < -0.39 is 5.97 Å². The quantitative estimate of drug-likeness (QED) is 0.864. The summed E-state index contributed by atoms with van der Waals surface area (Å²) in [6.07, 6.45) is 1.33. The van der Waals surface area contributed by atoms with Gasteiger partial charge in [-0.3, -0.25) is 9.59 Å². The van der Waals surface area contributed by atoms with Crippen LogP contribution in [0.1, 0.15) is 25.3 Å². The van der Waals surface area contributed by atoms with E-state index in [4.69, 9.17) is 9.84 Å². The van der Waals surface area contributed by atoms with Crippen LogP contribution in [-0.4, -0.2) is 29.7 Å². The lowest BCUT2D eigenvalue weighted by atomic mass is 10.0. The van der Waals surface area contributed by atoms with E-state index in [0.29, 0.717) is 13.0 Å². The average molecular weight is 277 g/mol. The minimum atomic E-state index is -0.808. The van der Waals surface area contributed by atoms with Crippen molar-refractivity contribution in [2.45, 2.75) is 32.3 Å². The summed E-state index contributed by atoms with van der Waals surface area (Å²) in [6, 6.07) is 7.28. The Bertz CT molecular complexity index is 483. The minimum absolute atomic E-state index is 0.0201. The lowest BCUT2D eigenvalue weighted by Gasteiger charge is -2.14. The van der Waals surface area contributed by atoms with Crippen molar-refractivity contribution in [3.05, 3.63) is 29.8 Å². The van der Waals surface area contributed by atoms with Gasteiger partial charge in [0.1, 0.15) is 0 Å². The number of amides is 1. The second kappa shape index (κ2) is 6.52. The van der Waals surface area contributed by atoms with Gasteiger partial charge in [0.15, 0.2) is 0 Å². The van der Waals surface area contributed by atoms with E-state index in [-0.39, 0.29) is 24.3 Å². The van der Waals surface area contributed by atoms with Gasteiger partial charge in [-0.15, -0.1) is 0 Å². The van der Waals surface area contributed by atoms with Gasteiger partial charge in [0.05, 0.1) is 12.0 Å². The van der Waals surface area contributed by atoms with Crippen molar-refractivity contribution in [3.63, 3.8) is 0 Å². The number of benzene rings is 1. The molecule has 0 spiro atoms. The molecule has 1 aliphatic rings. The van der Waals surface area contributed by atoms with Crippen molar-refractivity contribution in [2.24, 2.45) is 5.92 Å². The highest BCUT2D eigenvalue weighted by Gasteiger charge is 2.30. The molecule has 5 nitrogen and oxygen atoms in total. The van der Waals surface area contributed by atoms with E-state index in [1.807, 2.05) is 19.1 Å². The van der Waals surface area contributed by atoms with E-state index in [0.717, 1.165) is 17.7 Å². The maximum absolute atomic E-state index is 12.1. The Kier molecular flexibility index (Phi) is 4.74. The molecule has 1 heterocycles. The van der Waals surface area contributed by atoms with Crippen LogP contribution in [0.3, 0.4) is 0 Å². The molecule has 1 saturated heterocycles. The van der Waals surface area contributed by atoms with Crippen molar-refractivity contribution in [1.82, 2.24) is 0 Å². The van der Waals surface area contributed by atoms with Gasteiger partial charge in [-0.05, 0) is 37.5 Å². The smallest absolute Gasteiger partial charge is 0.303 e. The van der Waals surface area contributed by atoms with Crippen LogP contribution in [-0.2, 0) is 20.7 Å². The predicted octanol–water partition coefficient (Wildman–Crippen LogP) is 2.07. The fourth-order valence-corrected chi connectivity index (χ4v) is 2.32. The van der Waals surface area contributed by atoms with Crippen molar-refractivity contribution in [3.8, 4) is 0 Å². The number of hydrogen-bond donors (Lipinski definition) is 2. The zero-order valence-corrected chi connectivity index (χ0v) is 11.5. The third-order valence-corrected chi connectivity index (χ3v) is 3.56. The molecule has 1 aliphatic heterocycles. The Hall–Kier alpha value is -1.88. The summed E-state index contributed by atoms with van der Waals surface area (Å²) < 4.78 is 5.38. The van der Waals surface area contributed by atoms with Crippen molar-refractivity contribution < 1.29 is 19.4 Å². The van der Waals surface area contributed by atoms with Crippen LogP contribution in [0.4, 0.5) is 5.69 Å². The number of carbonyl (C=O) groups is 2. The van der Waals surface area contributed by atoms with Gasteiger partial charge < -0.3 is 15.2 Å². The third kappa shape index (κ3) is 3.81. The number of carboxylic acid groups (broad SMARTS) is 1. The summed E-state index contributed by atoms with van der Waals surface area (Å²) in [5.41, 5.74) is 1.68. The Labute approximate surface area is 117 Å². The highest BCUT2D eigenvalue weighted by Crippen LogP contribution is 2.22. The van der Waals surface area contributed by atoms with Crippen LogP contribution in [0.2, 0.25) is 0 Å². The molecule has 1 aromatic carbocycles. The summed E-state index contributed by atoms with van der Waals surface area (Å²) >= 11 is 0. The van der Waals surface area contributed by atoms with E-state index in [1.54, 1.807) is 12.1 Å². The lowest BCUT2D eigenvalue weighted by molar-refractivity contribution is -0.137. The number of carboxylic acids is 1. The molecule has 2 unspecified atom stereocenters. The monoisotopic (exact) mass is 277 g/mol. The summed E-state index contributed by atoms with van der Waals surface area (Å²) in [6.45, 7) is 2.54. The maximum atomic E-state index is 12.1. The van der Waals surface area contributed by atoms with Crippen molar-refractivity contribution >= 4 is 17.6 Å². The molecule has 108 valence electrons. The molecule has 2 rings (SSSR count). The Morgan fingerprint density at radius 3 is 2.60 bits per heavy atom. The first kappa shape index (κ1) is 14.5. The van der Waals surface area contributed by atoms with Crippen molar-refractivity contribution in [1.29, 1.82) is 0 Å². The molecular formula is C15H19NO4. The molecule has 1 aromatic rings. The topological polar surface area (TPSA) is 75.6 Å². The number of anilines is 1. The number of rotatable bonds is 5. The SMILES string of the molecule is CC1OCCC1C(=O)Nc1ccc(CCC(=O)O)cc1. The first-order valence-electron chi connectivity index (χ1n) is 6.79. The number of carbonyl (C=O) groups excluding carboxylic acids is 1. The molecule has 0 bridgehead atoms. The van der Waals surface area contributed by atoms with Crippen LogP contribution in [0.5, 0.6) is 0 Å². The second-order valence-corrected chi connectivity index (χ2v) is 5.05. The summed E-state index contributed by atoms with van der Waals surface area (Å²) in [5, 5.41) is 11.5. The molecule has 2 N–H and O–H groups in total. The molecule has 1 amide bonds. The number of aryl methyl sites for hydroxylation is 1. The third-order valence-electron chi connectivity index (χ3n) is 3.56. The van der Waals surface area contributed by atoms with Crippen LogP contribution in [0.15, 0.2) is 24.3 Å². The fourth-order valence-electron chi connectivity index (χ4n) is 2.32. The molecule has 1 fully saturated rings. The lowest BCUT2D eigenvalue weighted by Crippen LogP contribution is -2.27. The summed E-state index contributed by atoms with van der Waals surface area (Å²) in [4.78, 5) is 22.6. The molecule has 0 aliphatic carbocycles. The van der Waals surface area contributed by atoms with Gasteiger partial charge in [-0.25, -0.2) is 0 Å². The highest BCUT2D eigenvalue weighted by atomic mass is 16.5. The molecular weight excluding hydrogens is 258 g/mol. The molecule has 0 radical (unpaired) electrons. The van der Waals surface area contributed by atoms with E-state index in [1.165, 1.54) is 0 Å². The molecule has 20 heavy (non-hydrogen) atoms. The van der Waals surface area contributed by atoms with Gasteiger partial charge in [-0.1, -0.05) is 12.1 Å². The number of nitrogens with one attached hydrogen (secondary N) is 1. The van der Waals surface area contributed by atoms with E-state index in [2.05, 4.69) is 5.32 Å². The Morgan fingerprint density at radius 1 is 1.35 bits per heavy atom. The molecule has 5 heteroatoms. The first-order valence-corrected chi connectivity index (χ1v) is 6.79. The number of aliphatic carboxylic acids is 1. The second-order valence-electron chi connectivity index (χ2n) is 5.05. The van der Waals surface area contributed by atoms with Crippen LogP contribution in [0.25, 0.3) is 0 Å². The molecule has 0 aromatic heterocycles. The highest BCUT2D eigenvalue weighted by molar-refractivity contribution is 5.93. The molecule has 0 saturated carbocycles. The van der Waals surface area contributed by atoms with E-state index in [9.17, 15) is 9.59 Å². The van der Waals surface area contributed by atoms with Gasteiger partial charge in [0.2, 0.25) is 5.91 Å². The summed E-state index contributed by atoms with van der Waals surface area (Å²) in [5.74, 6) is -0.924.